The Bertz CT molecular complexity index is 1100. The van der Waals surface area contributed by atoms with Crippen LogP contribution in [0.3, 0.4) is 0 Å². The number of amides is 1. The molecule has 0 unspecified atom stereocenters. The number of fused-ring (bicyclic) bond motifs is 1. The van der Waals surface area contributed by atoms with Crippen molar-refractivity contribution in [1.82, 2.24) is 9.80 Å². The lowest BCUT2D eigenvalue weighted by Gasteiger charge is -2.35. The van der Waals surface area contributed by atoms with Gasteiger partial charge in [-0.05, 0) is 34.5 Å². The van der Waals surface area contributed by atoms with E-state index in [-0.39, 0.29) is 5.91 Å². The first kappa shape index (κ1) is 23.7. The Hall–Kier alpha value is -3.91. The Morgan fingerprint density at radius 3 is 2.03 bits per heavy atom. The number of piperazine rings is 1. The van der Waals surface area contributed by atoms with Crippen molar-refractivity contribution in [3.63, 3.8) is 0 Å². The zero-order valence-corrected chi connectivity index (χ0v) is 18.3. The van der Waals surface area contributed by atoms with E-state index in [0.717, 1.165) is 54.8 Å². The molecular weight excluding hydrogens is 424 g/mol. The molecule has 0 aromatic heterocycles. The molecule has 172 valence electrons. The predicted octanol–water partition coefficient (Wildman–Crippen LogP) is 2.96. The Balaban J connectivity index is 0.000000454. The molecule has 0 bridgehead atoms. The van der Waals surface area contributed by atoms with E-state index in [4.69, 9.17) is 24.5 Å². The monoisotopic (exact) mass is 450 g/mol. The van der Waals surface area contributed by atoms with Gasteiger partial charge in [-0.25, -0.2) is 9.59 Å². The largest absolute Gasteiger partial charge is 0.497 e. The van der Waals surface area contributed by atoms with Crippen LogP contribution in [0.1, 0.15) is 15.9 Å². The van der Waals surface area contributed by atoms with Crippen molar-refractivity contribution >= 4 is 28.6 Å². The zero-order valence-electron chi connectivity index (χ0n) is 18.3. The zero-order chi connectivity index (χ0) is 23.8. The van der Waals surface area contributed by atoms with E-state index in [0.29, 0.717) is 0 Å². The van der Waals surface area contributed by atoms with E-state index >= 15 is 0 Å². The standard InChI is InChI=1S/C23H24N2O2.C2H2O4/c1-27-20-11-9-18(10-12-20)17-24-13-15-25(16-14-24)23(26)22-8-4-6-19-5-2-3-7-21(19)22;3-1(4)2(5)6/h2-12H,13-17H2,1H3;(H,3,4)(H,5,6). The highest BCUT2D eigenvalue weighted by molar-refractivity contribution is 6.27. The smallest absolute Gasteiger partial charge is 0.414 e. The fourth-order valence-electron chi connectivity index (χ4n) is 3.68. The summed E-state index contributed by atoms with van der Waals surface area (Å²) in [7, 11) is 1.68. The lowest BCUT2D eigenvalue weighted by Crippen LogP contribution is -2.48. The van der Waals surface area contributed by atoms with Gasteiger partial charge in [-0.3, -0.25) is 9.69 Å². The van der Waals surface area contributed by atoms with Gasteiger partial charge in [-0.15, -0.1) is 0 Å². The maximum absolute atomic E-state index is 13.0. The third kappa shape index (κ3) is 6.30. The number of aliphatic carboxylic acids is 2. The number of carboxylic acids is 2. The Morgan fingerprint density at radius 1 is 0.818 bits per heavy atom. The minimum Gasteiger partial charge on any atom is -0.497 e. The quantitative estimate of drug-likeness (QED) is 0.589. The minimum absolute atomic E-state index is 0.135. The average Bonchev–Trinajstić information content (AvgIpc) is 2.84. The summed E-state index contributed by atoms with van der Waals surface area (Å²) in [6.07, 6.45) is 0. The summed E-state index contributed by atoms with van der Waals surface area (Å²) >= 11 is 0. The van der Waals surface area contributed by atoms with Crippen molar-refractivity contribution in [2.24, 2.45) is 0 Å². The first-order valence-corrected chi connectivity index (χ1v) is 10.5. The molecule has 8 nitrogen and oxygen atoms in total. The average molecular weight is 450 g/mol. The van der Waals surface area contributed by atoms with Gasteiger partial charge < -0.3 is 19.8 Å². The molecule has 0 atom stereocenters. The molecule has 0 aliphatic carbocycles. The van der Waals surface area contributed by atoms with Crippen LogP contribution in [-0.2, 0) is 16.1 Å². The van der Waals surface area contributed by atoms with Crippen LogP contribution in [0.5, 0.6) is 5.75 Å². The number of carbonyl (C=O) groups is 3. The van der Waals surface area contributed by atoms with Crippen LogP contribution in [0.15, 0.2) is 66.7 Å². The lowest BCUT2D eigenvalue weighted by atomic mass is 10.0. The molecule has 1 fully saturated rings. The molecule has 2 N–H and O–H groups in total. The number of carbonyl (C=O) groups excluding carboxylic acids is 1. The van der Waals surface area contributed by atoms with Crippen molar-refractivity contribution in [2.45, 2.75) is 6.54 Å². The fourth-order valence-corrected chi connectivity index (χ4v) is 3.68. The Labute approximate surface area is 191 Å². The normalized spacial score (nSPS) is 13.7. The molecule has 1 aliphatic heterocycles. The van der Waals surface area contributed by atoms with Gasteiger partial charge in [-0.2, -0.15) is 0 Å². The van der Waals surface area contributed by atoms with Crippen LogP contribution < -0.4 is 4.74 Å². The number of ether oxygens (including phenoxy) is 1. The molecule has 3 aromatic carbocycles. The Morgan fingerprint density at radius 2 is 1.42 bits per heavy atom. The number of hydrogen-bond donors (Lipinski definition) is 2. The van der Waals surface area contributed by atoms with Gasteiger partial charge >= 0.3 is 11.9 Å². The molecule has 0 saturated carbocycles. The molecule has 0 spiro atoms. The van der Waals surface area contributed by atoms with Crippen molar-refractivity contribution in [1.29, 1.82) is 0 Å². The van der Waals surface area contributed by atoms with E-state index in [1.807, 2.05) is 47.4 Å². The lowest BCUT2D eigenvalue weighted by molar-refractivity contribution is -0.159. The number of rotatable bonds is 4. The summed E-state index contributed by atoms with van der Waals surface area (Å²) < 4.78 is 5.21. The van der Waals surface area contributed by atoms with Crippen LogP contribution in [0.25, 0.3) is 10.8 Å². The van der Waals surface area contributed by atoms with Crippen molar-refractivity contribution in [3.05, 3.63) is 77.9 Å². The topological polar surface area (TPSA) is 107 Å². The van der Waals surface area contributed by atoms with Crippen molar-refractivity contribution in [3.8, 4) is 5.75 Å². The molecule has 0 radical (unpaired) electrons. The van der Waals surface area contributed by atoms with Crippen LogP contribution in [-0.4, -0.2) is 71.1 Å². The van der Waals surface area contributed by atoms with Crippen LogP contribution in [0.2, 0.25) is 0 Å². The summed E-state index contributed by atoms with van der Waals surface area (Å²) in [4.78, 5) is 35.6. The van der Waals surface area contributed by atoms with E-state index in [1.165, 1.54) is 5.56 Å². The second-order valence-corrected chi connectivity index (χ2v) is 7.55. The number of carboxylic acid groups (broad SMARTS) is 2. The van der Waals surface area contributed by atoms with Gasteiger partial charge in [0.1, 0.15) is 5.75 Å². The van der Waals surface area contributed by atoms with Gasteiger partial charge in [0.15, 0.2) is 0 Å². The Kier molecular flexibility index (Phi) is 7.99. The van der Waals surface area contributed by atoms with E-state index in [1.54, 1.807) is 7.11 Å². The second kappa shape index (κ2) is 11.1. The molecule has 33 heavy (non-hydrogen) atoms. The van der Waals surface area contributed by atoms with Crippen LogP contribution >= 0.6 is 0 Å². The van der Waals surface area contributed by atoms with E-state index in [2.05, 4.69) is 29.2 Å². The van der Waals surface area contributed by atoms with Gasteiger partial charge in [-0.1, -0.05) is 48.5 Å². The number of nitrogens with zero attached hydrogens (tertiary/aromatic N) is 2. The molecule has 1 amide bonds. The predicted molar refractivity (Wildman–Crippen MR) is 123 cm³/mol. The first-order valence-electron chi connectivity index (χ1n) is 10.5. The molecular formula is C25H26N2O6. The van der Waals surface area contributed by atoms with Gasteiger partial charge in [0.25, 0.3) is 5.91 Å². The highest BCUT2D eigenvalue weighted by Crippen LogP contribution is 2.21. The molecule has 1 heterocycles. The van der Waals surface area contributed by atoms with Crippen molar-refractivity contribution < 1.29 is 29.3 Å². The summed E-state index contributed by atoms with van der Waals surface area (Å²) in [5, 5.41) is 16.9. The number of hydrogen-bond acceptors (Lipinski definition) is 5. The minimum atomic E-state index is -1.82. The van der Waals surface area contributed by atoms with Crippen LogP contribution in [0.4, 0.5) is 0 Å². The van der Waals surface area contributed by atoms with Gasteiger partial charge in [0.2, 0.25) is 0 Å². The highest BCUT2D eigenvalue weighted by Gasteiger charge is 2.23. The summed E-state index contributed by atoms with van der Waals surface area (Å²) in [6, 6.07) is 22.2. The summed E-state index contributed by atoms with van der Waals surface area (Å²) in [5.74, 6) is -2.63. The van der Waals surface area contributed by atoms with Gasteiger partial charge in [0.05, 0.1) is 7.11 Å². The summed E-state index contributed by atoms with van der Waals surface area (Å²) in [6.45, 7) is 4.21. The molecule has 8 heteroatoms. The third-order valence-electron chi connectivity index (χ3n) is 5.43. The van der Waals surface area contributed by atoms with E-state index in [9.17, 15) is 4.79 Å². The van der Waals surface area contributed by atoms with E-state index < -0.39 is 11.9 Å². The second-order valence-electron chi connectivity index (χ2n) is 7.55. The van der Waals surface area contributed by atoms with Crippen molar-refractivity contribution in [2.75, 3.05) is 33.3 Å². The highest BCUT2D eigenvalue weighted by atomic mass is 16.5. The maximum atomic E-state index is 13.0. The third-order valence-corrected chi connectivity index (χ3v) is 5.43. The van der Waals surface area contributed by atoms with Crippen LogP contribution in [0, 0.1) is 0 Å². The maximum Gasteiger partial charge on any atom is 0.414 e. The fraction of sp³-hybridized carbons (Fsp3) is 0.240. The number of benzene rings is 3. The molecule has 1 aliphatic rings. The molecule has 3 aromatic rings. The SMILES string of the molecule is COc1ccc(CN2CCN(C(=O)c3cccc4ccccc34)CC2)cc1.O=C(O)C(=O)O. The van der Waals surface area contributed by atoms with Gasteiger partial charge in [0, 0.05) is 38.3 Å². The number of methoxy groups -OCH3 is 1. The molecule has 4 rings (SSSR count). The first-order chi connectivity index (χ1) is 15.9. The summed E-state index contributed by atoms with van der Waals surface area (Å²) in [5.41, 5.74) is 2.07. The molecule has 1 saturated heterocycles.